The molecule has 0 spiro atoms. The molecule has 2 aromatic carbocycles. The zero-order valence-electron chi connectivity index (χ0n) is 16.9. The van der Waals surface area contributed by atoms with E-state index in [0.29, 0.717) is 34.8 Å². The van der Waals surface area contributed by atoms with Crippen molar-refractivity contribution < 1.29 is 17.7 Å². The first-order valence-electron chi connectivity index (χ1n) is 9.39. The van der Waals surface area contributed by atoms with Gasteiger partial charge in [-0.3, -0.25) is 9.52 Å². The van der Waals surface area contributed by atoms with E-state index in [1.54, 1.807) is 38.1 Å². The number of sulfonamides is 1. The van der Waals surface area contributed by atoms with Gasteiger partial charge in [0, 0.05) is 12.1 Å². The van der Waals surface area contributed by atoms with E-state index < -0.39 is 10.0 Å². The first-order valence-corrected chi connectivity index (χ1v) is 10.9. The number of aromatic nitrogens is 1. The summed E-state index contributed by atoms with van der Waals surface area (Å²) >= 11 is 0. The second-order valence-electron chi connectivity index (χ2n) is 6.61. The molecular formula is C22H20N4O4S. The molecule has 0 unspecified atom stereocenters. The number of nitrogens with zero attached hydrogens (tertiary/aromatic N) is 2. The molecule has 0 saturated carbocycles. The number of anilines is 2. The van der Waals surface area contributed by atoms with Crippen LogP contribution in [-0.2, 0) is 14.8 Å². The summed E-state index contributed by atoms with van der Waals surface area (Å²) in [5, 5.41) is 15.4. The molecule has 0 fully saturated rings. The van der Waals surface area contributed by atoms with Crippen molar-refractivity contribution in [2.45, 2.75) is 25.2 Å². The van der Waals surface area contributed by atoms with E-state index in [1.165, 1.54) is 36.4 Å². The SMILES string of the molecule is CCC(=O)Nc1c(C)noc1C=Cc1ccc(S(=O)(=O)Nc2ccc(C#N)cc2)cc1. The number of amides is 1. The number of benzene rings is 2. The lowest BCUT2D eigenvalue weighted by Crippen LogP contribution is -2.12. The first-order chi connectivity index (χ1) is 14.8. The monoisotopic (exact) mass is 436 g/mol. The Hall–Kier alpha value is -3.90. The number of carbonyl (C=O) groups is 1. The van der Waals surface area contributed by atoms with Gasteiger partial charge in [-0.05, 0) is 55.0 Å². The number of hydrogen-bond acceptors (Lipinski definition) is 6. The van der Waals surface area contributed by atoms with E-state index >= 15 is 0 Å². The van der Waals surface area contributed by atoms with Crippen molar-refractivity contribution in [3.8, 4) is 6.07 Å². The zero-order chi connectivity index (χ0) is 22.4. The summed E-state index contributed by atoms with van der Waals surface area (Å²) in [6.07, 6.45) is 3.72. The Morgan fingerprint density at radius 3 is 2.42 bits per heavy atom. The van der Waals surface area contributed by atoms with Crippen LogP contribution in [0.25, 0.3) is 12.2 Å². The van der Waals surface area contributed by atoms with Gasteiger partial charge in [0.05, 0.1) is 16.5 Å². The molecule has 0 aliphatic heterocycles. The third-order valence-electron chi connectivity index (χ3n) is 4.36. The second kappa shape index (κ2) is 9.28. The highest BCUT2D eigenvalue weighted by atomic mass is 32.2. The van der Waals surface area contributed by atoms with E-state index in [2.05, 4.69) is 15.2 Å². The molecule has 1 heterocycles. The molecule has 0 atom stereocenters. The van der Waals surface area contributed by atoms with Crippen LogP contribution in [0.15, 0.2) is 57.9 Å². The third-order valence-corrected chi connectivity index (χ3v) is 5.76. The average molecular weight is 436 g/mol. The molecule has 3 aromatic rings. The summed E-state index contributed by atoms with van der Waals surface area (Å²) in [4.78, 5) is 11.8. The molecule has 0 aliphatic carbocycles. The largest absolute Gasteiger partial charge is 0.354 e. The van der Waals surface area contributed by atoms with Crippen molar-refractivity contribution in [1.82, 2.24) is 5.16 Å². The van der Waals surface area contributed by atoms with Crippen molar-refractivity contribution in [3.05, 3.63) is 71.1 Å². The predicted octanol–water partition coefficient (Wildman–Crippen LogP) is 4.17. The highest BCUT2D eigenvalue weighted by Gasteiger charge is 2.15. The van der Waals surface area contributed by atoms with Crippen LogP contribution in [0.4, 0.5) is 11.4 Å². The number of nitriles is 1. The fraction of sp³-hybridized carbons (Fsp3) is 0.136. The lowest BCUT2D eigenvalue weighted by molar-refractivity contribution is -0.115. The molecule has 1 aromatic heterocycles. The maximum Gasteiger partial charge on any atom is 0.261 e. The molecule has 0 saturated heterocycles. The Labute approximate surface area is 180 Å². The van der Waals surface area contributed by atoms with Crippen LogP contribution in [0.5, 0.6) is 0 Å². The summed E-state index contributed by atoms with van der Waals surface area (Å²) in [5.41, 5.74) is 2.62. The number of nitrogens with one attached hydrogen (secondary N) is 2. The Kier molecular flexibility index (Phi) is 6.52. The van der Waals surface area contributed by atoms with Crippen LogP contribution < -0.4 is 10.0 Å². The molecule has 9 heteroatoms. The fourth-order valence-electron chi connectivity index (χ4n) is 2.64. The highest BCUT2D eigenvalue weighted by Crippen LogP contribution is 2.23. The number of carbonyl (C=O) groups excluding carboxylic acids is 1. The molecule has 1 amide bonds. The lowest BCUT2D eigenvalue weighted by Gasteiger charge is -2.08. The van der Waals surface area contributed by atoms with Crippen molar-refractivity contribution in [2.75, 3.05) is 10.0 Å². The van der Waals surface area contributed by atoms with E-state index in [0.717, 1.165) is 5.56 Å². The first kappa shape index (κ1) is 21.8. The molecule has 3 rings (SSSR count). The number of rotatable bonds is 7. The average Bonchev–Trinajstić information content (AvgIpc) is 3.12. The normalized spacial score (nSPS) is 11.3. The van der Waals surface area contributed by atoms with Crippen molar-refractivity contribution in [1.29, 1.82) is 5.26 Å². The van der Waals surface area contributed by atoms with Gasteiger partial charge < -0.3 is 9.84 Å². The Morgan fingerprint density at radius 1 is 1.13 bits per heavy atom. The van der Waals surface area contributed by atoms with Crippen LogP contribution in [0, 0.1) is 18.3 Å². The minimum absolute atomic E-state index is 0.0976. The maximum absolute atomic E-state index is 12.6. The number of aryl methyl sites for hydroxylation is 1. The standard InChI is InChI=1S/C22H20N4O4S/c1-3-21(27)24-22-15(2)25-30-20(22)13-8-16-6-11-19(12-7-16)31(28,29)26-18-9-4-17(14-23)5-10-18/h4-13,26H,3H2,1-2H3,(H,24,27). The quantitative estimate of drug-likeness (QED) is 0.572. The van der Waals surface area contributed by atoms with Crippen LogP contribution in [-0.4, -0.2) is 19.5 Å². The van der Waals surface area contributed by atoms with Crippen LogP contribution in [0.2, 0.25) is 0 Å². The van der Waals surface area contributed by atoms with Crippen LogP contribution in [0.3, 0.4) is 0 Å². The Balaban J connectivity index is 1.74. The number of hydrogen-bond donors (Lipinski definition) is 2. The summed E-state index contributed by atoms with van der Waals surface area (Å²) in [6.45, 7) is 3.48. The van der Waals surface area contributed by atoms with Gasteiger partial charge >= 0.3 is 0 Å². The van der Waals surface area contributed by atoms with Gasteiger partial charge in [0.1, 0.15) is 11.4 Å². The van der Waals surface area contributed by atoms with Gasteiger partial charge in [0.25, 0.3) is 10.0 Å². The summed E-state index contributed by atoms with van der Waals surface area (Å²) < 4.78 is 32.9. The Morgan fingerprint density at radius 2 is 1.81 bits per heavy atom. The van der Waals surface area contributed by atoms with Crippen LogP contribution in [0.1, 0.15) is 35.9 Å². The highest BCUT2D eigenvalue weighted by molar-refractivity contribution is 7.92. The molecule has 2 N–H and O–H groups in total. The van der Waals surface area contributed by atoms with E-state index in [4.69, 9.17) is 9.78 Å². The summed E-state index contributed by atoms with van der Waals surface area (Å²) in [7, 11) is -3.77. The summed E-state index contributed by atoms with van der Waals surface area (Å²) in [6, 6.07) is 14.4. The van der Waals surface area contributed by atoms with E-state index in [9.17, 15) is 13.2 Å². The molecule has 31 heavy (non-hydrogen) atoms. The van der Waals surface area contributed by atoms with Gasteiger partial charge in [-0.15, -0.1) is 0 Å². The fourth-order valence-corrected chi connectivity index (χ4v) is 3.70. The van der Waals surface area contributed by atoms with Gasteiger partial charge in [0.2, 0.25) is 5.91 Å². The topological polar surface area (TPSA) is 125 Å². The van der Waals surface area contributed by atoms with Crippen LogP contribution >= 0.6 is 0 Å². The van der Waals surface area contributed by atoms with E-state index in [1.807, 2.05) is 6.07 Å². The smallest absolute Gasteiger partial charge is 0.261 e. The molecule has 158 valence electrons. The Bertz CT molecular complexity index is 1250. The summed E-state index contributed by atoms with van der Waals surface area (Å²) in [5.74, 6) is 0.253. The molecule has 0 radical (unpaired) electrons. The third kappa shape index (κ3) is 5.38. The minimum Gasteiger partial charge on any atom is -0.354 e. The molecular weight excluding hydrogens is 416 g/mol. The second-order valence-corrected chi connectivity index (χ2v) is 8.29. The van der Waals surface area contributed by atoms with E-state index in [-0.39, 0.29) is 10.8 Å². The minimum atomic E-state index is -3.77. The van der Waals surface area contributed by atoms with Crippen molar-refractivity contribution in [3.63, 3.8) is 0 Å². The van der Waals surface area contributed by atoms with Gasteiger partial charge in [0.15, 0.2) is 5.76 Å². The van der Waals surface area contributed by atoms with Gasteiger partial charge in [-0.25, -0.2) is 8.42 Å². The lowest BCUT2D eigenvalue weighted by atomic mass is 10.2. The maximum atomic E-state index is 12.6. The van der Waals surface area contributed by atoms with Gasteiger partial charge in [-0.2, -0.15) is 5.26 Å². The molecule has 0 bridgehead atoms. The van der Waals surface area contributed by atoms with Crippen molar-refractivity contribution >= 4 is 39.5 Å². The van der Waals surface area contributed by atoms with Gasteiger partial charge in [-0.1, -0.05) is 30.3 Å². The predicted molar refractivity (Wildman–Crippen MR) is 117 cm³/mol. The molecule has 8 nitrogen and oxygen atoms in total. The zero-order valence-corrected chi connectivity index (χ0v) is 17.7. The van der Waals surface area contributed by atoms with Crippen molar-refractivity contribution in [2.24, 2.45) is 0 Å². The molecule has 0 aliphatic rings.